The van der Waals surface area contributed by atoms with Crippen LogP contribution in [0.2, 0.25) is 0 Å². The quantitative estimate of drug-likeness (QED) is 0.883. The Morgan fingerprint density at radius 1 is 1.11 bits per heavy atom. The third kappa shape index (κ3) is 4.20. The molecule has 1 N–H and O–H groups in total. The van der Waals surface area contributed by atoms with E-state index in [-0.39, 0.29) is 11.8 Å². The van der Waals surface area contributed by atoms with Gasteiger partial charge in [-0.1, -0.05) is 6.07 Å². The highest BCUT2D eigenvalue weighted by molar-refractivity contribution is 5.91. The molecule has 1 aromatic carbocycles. The minimum atomic E-state index is -0.0843. The van der Waals surface area contributed by atoms with Crippen LogP contribution in [-0.4, -0.2) is 24.9 Å². The molecule has 1 aromatic rings. The van der Waals surface area contributed by atoms with E-state index in [9.17, 15) is 9.59 Å². The van der Waals surface area contributed by atoms with E-state index in [1.807, 2.05) is 26.0 Å². The number of carbonyl (C=O) groups is 2. The SMILES string of the molecule is CC(=O)NCCN(C(C)=O)c1cc(C)cc(C)c1. The van der Waals surface area contributed by atoms with Crippen molar-refractivity contribution in [3.05, 3.63) is 29.3 Å². The van der Waals surface area contributed by atoms with Gasteiger partial charge in [0.2, 0.25) is 11.8 Å². The maximum absolute atomic E-state index is 11.7. The Morgan fingerprint density at radius 2 is 1.67 bits per heavy atom. The summed E-state index contributed by atoms with van der Waals surface area (Å²) in [6.07, 6.45) is 0. The molecule has 1 rings (SSSR count). The van der Waals surface area contributed by atoms with Crippen molar-refractivity contribution >= 4 is 17.5 Å². The van der Waals surface area contributed by atoms with Crippen molar-refractivity contribution in [3.63, 3.8) is 0 Å². The van der Waals surface area contributed by atoms with Crippen molar-refractivity contribution in [2.75, 3.05) is 18.0 Å². The van der Waals surface area contributed by atoms with Gasteiger partial charge in [-0.05, 0) is 37.1 Å². The second-order valence-corrected chi connectivity index (χ2v) is 4.50. The van der Waals surface area contributed by atoms with E-state index in [4.69, 9.17) is 0 Å². The first kappa shape index (κ1) is 14.2. The van der Waals surface area contributed by atoms with Crippen molar-refractivity contribution in [1.29, 1.82) is 0 Å². The first-order valence-corrected chi connectivity index (χ1v) is 6.01. The Hall–Kier alpha value is -1.84. The Labute approximate surface area is 108 Å². The molecule has 0 aliphatic rings. The lowest BCUT2D eigenvalue weighted by Crippen LogP contribution is -2.36. The Balaban J connectivity index is 2.83. The van der Waals surface area contributed by atoms with Crippen molar-refractivity contribution in [2.45, 2.75) is 27.7 Å². The molecule has 0 saturated heterocycles. The van der Waals surface area contributed by atoms with Crippen LogP contribution in [-0.2, 0) is 9.59 Å². The smallest absolute Gasteiger partial charge is 0.223 e. The van der Waals surface area contributed by atoms with Crippen LogP contribution >= 0.6 is 0 Å². The molecular formula is C14H20N2O2. The van der Waals surface area contributed by atoms with Crippen LogP contribution in [0.5, 0.6) is 0 Å². The van der Waals surface area contributed by atoms with Gasteiger partial charge >= 0.3 is 0 Å². The number of aryl methyl sites for hydroxylation is 2. The van der Waals surface area contributed by atoms with Gasteiger partial charge in [0.1, 0.15) is 0 Å². The van der Waals surface area contributed by atoms with Crippen LogP contribution in [0.1, 0.15) is 25.0 Å². The molecule has 18 heavy (non-hydrogen) atoms. The number of benzene rings is 1. The lowest BCUT2D eigenvalue weighted by molar-refractivity contribution is -0.119. The normalized spacial score (nSPS) is 10.0. The number of nitrogens with zero attached hydrogens (tertiary/aromatic N) is 1. The van der Waals surface area contributed by atoms with Gasteiger partial charge in [0, 0.05) is 32.6 Å². The molecule has 2 amide bonds. The van der Waals surface area contributed by atoms with Gasteiger partial charge in [0.05, 0.1) is 0 Å². The highest BCUT2D eigenvalue weighted by Gasteiger charge is 2.11. The van der Waals surface area contributed by atoms with Crippen LogP contribution in [0, 0.1) is 13.8 Å². The van der Waals surface area contributed by atoms with E-state index in [0.717, 1.165) is 16.8 Å². The van der Waals surface area contributed by atoms with Gasteiger partial charge in [-0.2, -0.15) is 0 Å². The fraction of sp³-hybridized carbons (Fsp3) is 0.429. The average molecular weight is 248 g/mol. The molecule has 0 radical (unpaired) electrons. The summed E-state index contributed by atoms with van der Waals surface area (Å²) in [6.45, 7) is 7.95. The van der Waals surface area contributed by atoms with Gasteiger partial charge in [0.15, 0.2) is 0 Å². The van der Waals surface area contributed by atoms with Crippen molar-refractivity contribution in [2.24, 2.45) is 0 Å². The van der Waals surface area contributed by atoms with E-state index in [1.54, 1.807) is 4.90 Å². The topological polar surface area (TPSA) is 49.4 Å². The maximum atomic E-state index is 11.7. The van der Waals surface area contributed by atoms with E-state index >= 15 is 0 Å². The Morgan fingerprint density at radius 3 is 2.11 bits per heavy atom. The van der Waals surface area contributed by atoms with Gasteiger partial charge < -0.3 is 10.2 Å². The predicted octanol–water partition coefficient (Wildman–Crippen LogP) is 1.79. The Kier molecular flexibility index (Phi) is 4.89. The fourth-order valence-electron chi connectivity index (χ4n) is 1.92. The molecule has 0 bridgehead atoms. The molecule has 4 nitrogen and oxygen atoms in total. The first-order valence-electron chi connectivity index (χ1n) is 6.01. The zero-order valence-electron chi connectivity index (χ0n) is 11.4. The van der Waals surface area contributed by atoms with Crippen molar-refractivity contribution < 1.29 is 9.59 Å². The van der Waals surface area contributed by atoms with Crippen molar-refractivity contribution in [3.8, 4) is 0 Å². The molecule has 0 unspecified atom stereocenters. The first-order chi connectivity index (χ1) is 8.40. The minimum absolute atomic E-state index is 0.0228. The summed E-state index contributed by atoms with van der Waals surface area (Å²) < 4.78 is 0. The van der Waals surface area contributed by atoms with E-state index < -0.39 is 0 Å². The molecule has 0 saturated carbocycles. The summed E-state index contributed by atoms with van der Waals surface area (Å²) >= 11 is 0. The van der Waals surface area contributed by atoms with E-state index in [2.05, 4.69) is 11.4 Å². The van der Waals surface area contributed by atoms with Crippen LogP contribution in [0.15, 0.2) is 18.2 Å². The molecule has 0 heterocycles. The highest BCUT2D eigenvalue weighted by atomic mass is 16.2. The lowest BCUT2D eigenvalue weighted by atomic mass is 10.1. The molecule has 0 fully saturated rings. The van der Waals surface area contributed by atoms with Crippen LogP contribution in [0.3, 0.4) is 0 Å². The summed E-state index contributed by atoms with van der Waals surface area (Å²) in [7, 11) is 0. The number of carbonyl (C=O) groups excluding carboxylic acids is 2. The molecule has 0 spiro atoms. The number of anilines is 1. The number of hydrogen-bond acceptors (Lipinski definition) is 2. The zero-order chi connectivity index (χ0) is 13.7. The summed E-state index contributed by atoms with van der Waals surface area (Å²) in [4.78, 5) is 24.2. The van der Waals surface area contributed by atoms with Gasteiger partial charge in [-0.25, -0.2) is 0 Å². The molecule has 4 heteroatoms. The fourth-order valence-corrected chi connectivity index (χ4v) is 1.92. The average Bonchev–Trinajstić information content (AvgIpc) is 2.21. The summed E-state index contributed by atoms with van der Waals surface area (Å²) in [5.41, 5.74) is 3.12. The second-order valence-electron chi connectivity index (χ2n) is 4.50. The molecule has 0 aliphatic heterocycles. The lowest BCUT2D eigenvalue weighted by Gasteiger charge is -2.22. The van der Waals surface area contributed by atoms with Gasteiger partial charge in [-0.15, -0.1) is 0 Å². The molecule has 0 aliphatic carbocycles. The Bertz CT molecular complexity index is 435. The van der Waals surface area contributed by atoms with Crippen LogP contribution < -0.4 is 10.2 Å². The third-order valence-corrected chi connectivity index (χ3v) is 2.61. The second kappa shape index (κ2) is 6.19. The summed E-state index contributed by atoms with van der Waals surface area (Å²) in [6, 6.07) is 6.01. The monoisotopic (exact) mass is 248 g/mol. The summed E-state index contributed by atoms with van der Waals surface area (Å²) in [5, 5.41) is 2.70. The van der Waals surface area contributed by atoms with E-state index in [0.29, 0.717) is 13.1 Å². The molecule has 98 valence electrons. The summed E-state index contributed by atoms with van der Waals surface area (Å²) in [5.74, 6) is -0.107. The van der Waals surface area contributed by atoms with E-state index in [1.165, 1.54) is 13.8 Å². The predicted molar refractivity (Wildman–Crippen MR) is 72.6 cm³/mol. The number of rotatable bonds is 4. The van der Waals surface area contributed by atoms with Crippen LogP contribution in [0.25, 0.3) is 0 Å². The number of nitrogens with one attached hydrogen (secondary N) is 1. The van der Waals surface area contributed by atoms with Crippen LogP contribution in [0.4, 0.5) is 5.69 Å². The van der Waals surface area contributed by atoms with Gasteiger partial charge in [-0.3, -0.25) is 9.59 Å². The number of amides is 2. The van der Waals surface area contributed by atoms with Crippen molar-refractivity contribution in [1.82, 2.24) is 5.32 Å². The molecular weight excluding hydrogens is 228 g/mol. The standard InChI is InChI=1S/C14H20N2O2/c1-10-7-11(2)9-14(8-10)16(13(4)18)6-5-15-12(3)17/h7-9H,5-6H2,1-4H3,(H,15,17). The van der Waals surface area contributed by atoms with Gasteiger partial charge in [0.25, 0.3) is 0 Å². The zero-order valence-corrected chi connectivity index (χ0v) is 11.4. The maximum Gasteiger partial charge on any atom is 0.223 e. The number of hydrogen-bond donors (Lipinski definition) is 1. The highest BCUT2D eigenvalue weighted by Crippen LogP contribution is 2.18. The largest absolute Gasteiger partial charge is 0.355 e. The molecule has 0 atom stereocenters. The molecule has 0 aromatic heterocycles. The minimum Gasteiger partial charge on any atom is -0.355 e. The third-order valence-electron chi connectivity index (χ3n) is 2.61.